The molecule has 0 atom stereocenters. The fourth-order valence-electron chi connectivity index (χ4n) is 1.72. The highest BCUT2D eigenvalue weighted by Crippen LogP contribution is 2.34. The first-order valence-corrected chi connectivity index (χ1v) is 7.06. The Hall–Kier alpha value is -1.34. The van der Waals surface area contributed by atoms with E-state index in [1.54, 1.807) is 20.8 Å². The van der Waals surface area contributed by atoms with Gasteiger partial charge in [0.2, 0.25) is 5.89 Å². The van der Waals surface area contributed by atoms with Crippen LogP contribution < -0.4 is 0 Å². The molecule has 0 aliphatic carbocycles. The minimum atomic E-state index is -3.87. The smallest absolute Gasteiger partial charge is 0.263 e. The zero-order chi connectivity index (χ0) is 12.8. The summed E-state index contributed by atoms with van der Waals surface area (Å²) in [6, 6.07) is 0. The molecule has 92 valence electrons. The summed E-state index contributed by atoms with van der Waals surface area (Å²) in [6.07, 6.45) is 0. The third-order valence-electron chi connectivity index (χ3n) is 2.30. The normalized spacial score (nSPS) is 12.0. The van der Waals surface area contributed by atoms with Crippen LogP contribution >= 0.6 is 10.7 Å². The quantitative estimate of drug-likeness (QED) is 0.846. The van der Waals surface area contributed by atoms with Gasteiger partial charge < -0.3 is 9.40 Å². The maximum atomic E-state index is 11.5. The van der Waals surface area contributed by atoms with E-state index in [1.165, 1.54) is 0 Å². The second-order valence-corrected chi connectivity index (χ2v) is 6.15. The van der Waals surface area contributed by atoms with E-state index in [0.717, 1.165) is 0 Å². The Morgan fingerprint density at radius 3 is 2.29 bits per heavy atom. The molecule has 2 aromatic heterocycles. The van der Waals surface area contributed by atoms with Crippen LogP contribution in [0.2, 0.25) is 0 Å². The molecule has 0 radical (unpaired) electrons. The summed E-state index contributed by atoms with van der Waals surface area (Å²) in [5.41, 5.74) is 1.40. The van der Waals surface area contributed by atoms with Crippen molar-refractivity contribution in [2.24, 2.45) is 0 Å². The van der Waals surface area contributed by atoms with Gasteiger partial charge in [-0.05, 0) is 13.8 Å². The summed E-state index contributed by atoms with van der Waals surface area (Å²) in [7, 11) is 1.53. The van der Waals surface area contributed by atoms with Crippen molar-refractivity contribution >= 4 is 19.7 Å². The van der Waals surface area contributed by atoms with Crippen LogP contribution in [0.1, 0.15) is 17.3 Å². The van der Waals surface area contributed by atoms with Crippen molar-refractivity contribution in [1.29, 1.82) is 0 Å². The Morgan fingerprint density at radius 2 is 1.82 bits per heavy atom. The number of aryl methyl sites for hydroxylation is 3. The van der Waals surface area contributed by atoms with Crippen molar-refractivity contribution in [1.82, 2.24) is 15.2 Å². The van der Waals surface area contributed by atoms with Crippen LogP contribution in [-0.4, -0.2) is 23.6 Å². The highest BCUT2D eigenvalue weighted by Gasteiger charge is 2.27. The predicted molar refractivity (Wildman–Crippen MR) is 61.3 cm³/mol. The number of aromatic amines is 1. The van der Waals surface area contributed by atoms with Crippen molar-refractivity contribution in [3.8, 4) is 11.5 Å². The predicted octanol–water partition coefficient (Wildman–Crippen LogP) is 1.92. The third kappa shape index (κ3) is 2.07. The molecule has 2 rings (SSSR count). The van der Waals surface area contributed by atoms with Crippen LogP contribution in [0.4, 0.5) is 0 Å². The first kappa shape index (κ1) is 12.1. The number of rotatable bonds is 2. The Balaban J connectivity index is 2.78. The van der Waals surface area contributed by atoms with Crippen LogP contribution in [0.5, 0.6) is 0 Å². The average molecular weight is 276 g/mol. The fraction of sp³-hybridized carbons (Fsp3) is 0.333. The molecule has 0 saturated carbocycles. The molecule has 0 fully saturated rings. The molecule has 6 nitrogen and oxygen atoms in total. The summed E-state index contributed by atoms with van der Waals surface area (Å²) >= 11 is 0. The van der Waals surface area contributed by atoms with Crippen molar-refractivity contribution in [2.75, 3.05) is 0 Å². The van der Waals surface area contributed by atoms with Gasteiger partial charge in [-0.15, -0.1) is 10.2 Å². The van der Waals surface area contributed by atoms with Gasteiger partial charge in [0.15, 0.2) is 0 Å². The van der Waals surface area contributed by atoms with Crippen LogP contribution in [0, 0.1) is 20.8 Å². The van der Waals surface area contributed by atoms with Crippen molar-refractivity contribution in [3.05, 3.63) is 17.3 Å². The fourth-order valence-corrected chi connectivity index (χ4v) is 3.20. The lowest BCUT2D eigenvalue weighted by Gasteiger charge is -1.98. The van der Waals surface area contributed by atoms with Gasteiger partial charge in [0.25, 0.3) is 14.9 Å². The molecule has 1 N–H and O–H groups in total. The molecule has 2 aromatic rings. The molecular weight excluding hydrogens is 266 g/mol. The monoisotopic (exact) mass is 275 g/mol. The maximum absolute atomic E-state index is 11.5. The van der Waals surface area contributed by atoms with Crippen LogP contribution in [0.15, 0.2) is 9.31 Å². The first-order chi connectivity index (χ1) is 7.80. The minimum Gasteiger partial charge on any atom is -0.421 e. The summed E-state index contributed by atoms with van der Waals surface area (Å²) in [6.45, 7) is 4.96. The van der Waals surface area contributed by atoms with Gasteiger partial charge in [-0.1, -0.05) is 0 Å². The second-order valence-electron chi connectivity index (χ2n) is 3.64. The van der Waals surface area contributed by atoms with Gasteiger partial charge in [-0.25, -0.2) is 8.42 Å². The van der Waals surface area contributed by atoms with E-state index in [-0.39, 0.29) is 10.8 Å². The molecule has 8 heteroatoms. The minimum absolute atomic E-state index is 0.0136. The van der Waals surface area contributed by atoms with Crippen molar-refractivity contribution in [2.45, 2.75) is 25.7 Å². The number of H-pyrrole nitrogens is 1. The highest BCUT2D eigenvalue weighted by atomic mass is 35.7. The molecule has 0 saturated heterocycles. The molecule has 0 unspecified atom stereocenters. The Kier molecular flexibility index (Phi) is 2.75. The second kappa shape index (κ2) is 3.85. The molecular formula is C9H10ClN3O3S. The lowest BCUT2D eigenvalue weighted by molar-refractivity contribution is 0.531. The molecule has 0 aliphatic heterocycles. The molecule has 17 heavy (non-hydrogen) atoms. The Morgan fingerprint density at radius 1 is 1.18 bits per heavy atom. The molecule has 0 spiro atoms. The van der Waals surface area contributed by atoms with Crippen molar-refractivity contribution < 1.29 is 12.8 Å². The van der Waals surface area contributed by atoms with Gasteiger partial charge in [-0.3, -0.25) is 0 Å². The lowest BCUT2D eigenvalue weighted by Crippen LogP contribution is -1.94. The first-order valence-electron chi connectivity index (χ1n) is 4.75. The number of aromatic nitrogens is 3. The van der Waals surface area contributed by atoms with E-state index >= 15 is 0 Å². The summed E-state index contributed by atoms with van der Waals surface area (Å²) in [4.78, 5) is 2.89. The van der Waals surface area contributed by atoms with E-state index in [4.69, 9.17) is 15.1 Å². The average Bonchev–Trinajstić information content (AvgIpc) is 2.68. The zero-order valence-corrected chi connectivity index (χ0v) is 11.0. The third-order valence-corrected chi connectivity index (χ3v) is 3.76. The van der Waals surface area contributed by atoms with Crippen molar-refractivity contribution in [3.63, 3.8) is 0 Å². The summed E-state index contributed by atoms with van der Waals surface area (Å²) in [5.74, 6) is 0.500. The van der Waals surface area contributed by atoms with E-state index in [1.807, 2.05) is 0 Å². The highest BCUT2D eigenvalue weighted by molar-refractivity contribution is 8.13. The largest absolute Gasteiger partial charge is 0.421 e. The van der Waals surface area contributed by atoms with Gasteiger partial charge in [-0.2, -0.15) is 0 Å². The van der Waals surface area contributed by atoms with Crippen LogP contribution in [0.25, 0.3) is 11.5 Å². The maximum Gasteiger partial charge on any atom is 0.263 e. The van der Waals surface area contributed by atoms with Crippen LogP contribution in [0.3, 0.4) is 0 Å². The van der Waals surface area contributed by atoms with E-state index < -0.39 is 9.05 Å². The zero-order valence-electron chi connectivity index (χ0n) is 9.41. The van der Waals surface area contributed by atoms with Gasteiger partial charge in [0, 0.05) is 29.0 Å². The van der Waals surface area contributed by atoms with Gasteiger partial charge in [0.05, 0.1) is 5.56 Å². The molecule has 0 aliphatic rings. The SMILES string of the molecule is Cc1nnc(-c2c(C)[nH]c(C)c2S(=O)(=O)Cl)o1. The lowest BCUT2D eigenvalue weighted by atomic mass is 10.2. The van der Waals surface area contributed by atoms with E-state index in [2.05, 4.69) is 15.2 Å². The van der Waals surface area contributed by atoms with E-state index in [0.29, 0.717) is 22.8 Å². The van der Waals surface area contributed by atoms with E-state index in [9.17, 15) is 8.42 Å². The molecule has 0 amide bonds. The molecule has 2 heterocycles. The number of hydrogen-bond acceptors (Lipinski definition) is 5. The summed E-state index contributed by atoms with van der Waals surface area (Å²) in [5, 5.41) is 7.47. The molecule has 0 bridgehead atoms. The molecule has 0 aromatic carbocycles. The Labute approximate surface area is 102 Å². The standard InChI is InChI=1S/C9H10ClN3O3S/c1-4-7(9-13-12-6(3)16-9)8(5(2)11-4)17(10,14)15/h11H,1-3H3. The van der Waals surface area contributed by atoms with Gasteiger partial charge in [0.1, 0.15) is 4.90 Å². The van der Waals surface area contributed by atoms with Gasteiger partial charge >= 0.3 is 0 Å². The summed E-state index contributed by atoms with van der Waals surface area (Å²) < 4.78 is 28.3. The number of hydrogen-bond donors (Lipinski definition) is 1. The number of nitrogens with zero attached hydrogens (tertiary/aromatic N) is 2. The number of nitrogens with one attached hydrogen (secondary N) is 1. The van der Waals surface area contributed by atoms with Crippen LogP contribution in [-0.2, 0) is 9.05 Å². The Bertz CT molecular complexity index is 672. The number of halogens is 1. The topological polar surface area (TPSA) is 88.9 Å².